The first-order valence-electron chi connectivity index (χ1n) is 9.83. The van der Waals surface area contributed by atoms with Gasteiger partial charge in [0.1, 0.15) is 0 Å². The zero-order valence-corrected chi connectivity index (χ0v) is 15.7. The van der Waals surface area contributed by atoms with Crippen molar-refractivity contribution in [2.24, 2.45) is 0 Å². The van der Waals surface area contributed by atoms with Crippen molar-refractivity contribution >= 4 is 10.8 Å². The summed E-state index contributed by atoms with van der Waals surface area (Å²) in [5, 5.41) is 22.7. The summed E-state index contributed by atoms with van der Waals surface area (Å²) in [5.41, 5.74) is 3.80. The average molecular weight is 359 g/mol. The van der Waals surface area contributed by atoms with E-state index < -0.39 is 0 Å². The van der Waals surface area contributed by atoms with Gasteiger partial charge in [0, 0.05) is 18.0 Å². The largest absolute Gasteiger partial charge is 0.504 e. The third-order valence-electron chi connectivity index (χ3n) is 6.80. The summed E-state index contributed by atoms with van der Waals surface area (Å²) >= 11 is 0. The summed E-state index contributed by atoms with van der Waals surface area (Å²) in [6.45, 7) is 0.969. The van der Waals surface area contributed by atoms with Crippen molar-refractivity contribution in [2.45, 2.75) is 37.1 Å². The van der Waals surface area contributed by atoms with E-state index in [1.54, 1.807) is 12.1 Å². The van der Waals surface area contributed by atoms with Crippen LogP contribution in [0.5, 0.6) is 11.5 Å². The number of benzene rings is 3. The van der Waals surface area contributed by atoms with Gasteiger partial charge in [-0.3, -0.25) is 4.90 Å². The predicted molar refractivity (Wildman–Crippen MR) is 108 cm³/mol. The maximum Gasteiger partial charge on any atom is 0.157 e. The van der Waals surface area contributed by atoms with Crippen LogP contribution in [-0.4, -0.2) is 28.7 Å². The van der Waals surface area contributed by atoms with E-state index >= 15 is 0 Å². The first-order valence-corrected chi connectivity index (χ1v) is 9.83. The van der Waals surface area contributed by atoms with Gasteiger partial charge in [0.2, 0.25) is 0 Å². The molecule has 1 atom stereocenters. The molecule has 0 amide bonds. The lowest BCUT2D eigenvalue weighted by Crippen LogP contribution is -2.49. The van der Waals surface area contributed by atoms with Crippen LogP contribution in [0, 0.1) is 0 Å². The lowest BCUT2D eigenvalue weighted by atomic mass is 9.57. The van der Waals surface area contributed by atoms with Gasteiger partial charge in [0.05, 0.1) is 0 Å². The third kappa shape index (κ3) is 2.45. The summed E-state index contributed by atoms with van der Waals surface area (Å²) < 4.78 is 0. The Labute approximate surface area is 159 Å². The maximum absolute atomic E-state index is 10.2. The molecule has 1 heterocycles. The number of rotatable bonds is 2. The molecule has 2 N–H and O–H groups in total. The summed E-state index contributed by atoms with van der Waals surface area (Å²) in [6, 6.07) is 19.2. The minimum atomic E-state index is -0.0120. The molecule has 0 spiro atoms. The number of hydrogen-bond acceptors (Lipinski definition) is 3. The summed E-state index contributed by atoms with van der Waals surface area (Å²) in [5.74, 6) is -0.0209. The number of phenols is 2. The van der Waals surface area contributed by atoms with Crippen molar-refractivity contribution in [2.75, 3.05) is 13.6 Å². The Balaban J connectivity index is 1.67. The zero-order chi connectivity index (χ0) is 18.6. The van der Waals surface area contributed by atoms with E-state index in [-0.39, 0.29) is 23.0 Å². The molecule has 1 unspecified atom stereocenters. The standard InChI is InChI=1S/C24H25NO2/c1-25-12-9-18-14-21(26)22(27)15-20(18)23(25)24(10-4-11-24)19-8-7-16-5-2-3-6-17(16)13-19/h2-3,5-8,13-15,23,26-27H,4,9-12H2,1H3. The van der Waals surface area contributed by atoms with Gasteiger partial charge in [-0.1, -0.05) is 48.9 Å². The quantitative estimate of drug-likeness (QED) is 0.640. The highest BCUT2D eigenvalue weighted by molar-refractivity contribution is 5.83. The van der Waals surface area contributed by atoms with Crippen LogP contribution in [0.3, 0.4) is 0 Å². The number of phenolic OH excluding ortho intramolecular Hbond substituents is 2. The lowest BCUT2D eigenvalue weighted by Gasteiger charge is -2.53. The molecule has 0 saturated heterocycles. The molecule has 138 valence electrons. The Hall–Kier alpha value is -2.52. The molecule has 1 saturated carbocycles. The van der Waals surface area contributed by atoms with Gasteiger partial charge in [-0.2, -0.15) is 0 Å². The zero-order valence-electron chi connectivity index (χ0n) is 15.7. The number of nitrogens with zero attached hydrogens (tertiary/aromatic N) is 1. The number of aromatic hydroxyl groups is 2. The molecule has 3 aromatic carbocycles. The van der Waals surface area contributed by atoms with E-state index in [0.29, 0.717) is 0 Å². The first kappa shape index (κ1) is 16.6. The van der Waals surface area contributed by atoms with Crippen LogP contribution in [0.15, 0.2) is 54.6 Å². The fourth-order valence-corrected chi connectivity index (χ4v) is 5.27. The maximum atomic E-state index is 10.2. The lowest BCUT2D eigenvalue weighted by molar-refractivity contribution is 0.0716. The summed E-state index contributed by atoms with van der Waals surface area (Å²) in [4.78, 5) is 2.44. The van der Waals surface area contributed by atoms with Gasteiger partial charge in [-0.25, -0.2) is 0 Å². The van der Waals surface area contributed by atoms with Crippen molar-refractivity contribution in [3.63, 3.8) is 0 Å². The number of fused-ring (bicyclic) bond motifs is 2. The SMILES string of the molecule is CN1CCc2cc(O)c(O)cc2C1C1(c2ccc3ccccc3c2)CCC1. The van der Waals surface area contributed by atoms with E-state index in [4.69, 9.17) is 0 Å². The molecular formula is C24H25NO2. The average Bonchev–Trinajstić information content (AvgIpc) is 2.64. The first-order chi connectivity index (χ1) is 13.1. The molecule has 3 nitrogen and oxygen atoms in total. The predicted octanol–water partition coefficient (Wildman–Crippen LogP) is 4.90. The second-order valence-electron chi connectivity index (χ2n) is 8.24. The Morgan fingerprint density at radius 2 is 1.67 bits per heavy atom. The minimum Gasteiger partial charge on any atom is -0.504 e. The Morgan fingerprint density at radius 3 is 2.41 bits per heavy atom. The number of hydrogen-bond donors (Lipinski definition) is 2. The molecule has 2 aliphatic rings. The van der Waals surface area contributed by atoms with Crippen LogP contribution >= 0.6 is 0 Å². The molecule has 0 bridgehead atoms. The number of likely N-dealkylation sites (N-methyl/N-ethyl adjacent to an activating group) is 1. The van der Waals surface area contributed by atoms with Crippen molar-refractivity contribution in [3.8, 4) is 11.5 Å². The Morgan fingerprint density at radius 1 is 0.926 bits per heavy atom. The molecular weight excluding hydrogens is 334 g/mol. The second-order valence-corrected chi connectivity index (χ2v) is 8.24. The van der Waals surface area contributed by atoms with Crippen LogP contribution in [0.25, 0.3) is 10.8 Å². The fourth-order valence-electron chi connectivity index (χ4n) is 5.27. The molecule has 1 aliphatic heterocycles. The van der Waals surface area contributed by atoms with Gasteiger partial charge in [-0.15, -0.1) is 0 Å². The van der Waals surface area contributed by atoms with E-state index in [0.717, 1.165) is 25.8 Å². The third-order valence-corrected chi connectivity index (χ3v) is 6.80. The van der Waals surface area contributed by atoms with E-state index in [1.807, 2.05) is 0 Å². The summed E-state index contributed by atoms with van der Waals surface area (Å²) in [6.07, 6.45) is 4.45. The Kier molecular flexibility index (Phi) is 3.70. The molecule has 0 radical (unpaired) electrons. The van der Waals surface area contributed by atoms with Gasteiger partial charge in [0.15, 0.2) is 11.5 Å². The normalized spacial score (nSPS) is 21.6. The van der Waals surface area contributed by atoms with Crippen LogP contribution in [-0.2, 0) is 11.8 Å². The van der Waals surface area contributed by atoms with Crippen molar-refractivity contribution in [1.29, 1.82) is 0 Å². The second kappa shape index (κ2) is 6.00. The molecule has 5 rings (SSSR count). The van der Waals surface area contributed by atoms with Crippen LogP contribution in [0.4, 0.5) is 0 Å². The van der Waals surface area contributed by atoms with E-state index in [2.05, 4.69) is 54.4 Å². The highest BCUT2D eigenvalue weighted by Crippen LogP contribution is 2.56. The summed E-state index contributed by atoms with van der Waals surface area (Å²) in [7, 11) is 2.19. The fraction of sp³-hybridized carbons (Fsp3) is 0.333. The smallest absolute Gasteiger partial charge is 0.157 e. The monoisotopic (exact) mass is 359 g/mol. The molecule has 27 heavy (non-hydrogen) atoms. The van der Waals surface area contributed by atoms with Crippen LogP contribution in [0.1, 0.15) is 42.0 Å². The molecule has 1 fully saturated rings. The van der Waals surface area contributed by atoms with E-state index in [1.165, 1.54) is 33.9 Å². The highest BCUT2D eigenvalue weighted by Gasteiger charge is 2.49. The molecule has 3 aromatic rings. The van der Waals surface area contributed by atoms with Gasteiger partial charge in [0.25, 0.3) is 0 Å². The van der Waals surface area contributed by atoms with Gasteiger partial charge in [-0.05, 0) is 65.9 Å². The topological polar surface area (TPSA) is 43.7 Å². The molecule has 0 aromatic heterocycles. The van der Waals surface area contributed by atoms with Crippen molar-refractivity contribution < 1.29 is 10.2 Å². The Bertz CT molecular complexity index is 1020. The van der Waals surface area contributed by atoms with E-state index in [9.17, 15) is 10.2 Å². The van der Waals surface area contributed by atoms with Gasteiger partial charge < -0.3 is 10.2 Å². The van der Waals surface area contributed by atoms with Crippen molar-refractivity contribution in [3.05, 3.63) is 71.3 Å². The van der Waals surface area contributed by atoms with Crippen LogP contribution < -0.4 is 0 Å². The van der Waals surface area contributed by atoms with Crippen LogP contribution in [0.2, 0.25) is 0 Å². The van der Waals surface area contributed by atoms with Crippen molar-refractivity contribution in [1.82, 2.24) is 4.90 Å². The molecule has 3 heteroatoms. The van der Waals surface area contributed by atoms with Gasteiger partial charge >= 0.3 is 0 Å². The molecule has 1 aliphatic carbocycles. The highest BCUT2D eigenvalue weighted by atomic mass is 16.3. The minimum absolute atomic E-state index is 0.00887.